The molecule has 0 radical (unpaired) electrons. The predicted octanol–water partition coefficient (Wildman–Crippen LogP) is 2.74. The Labute approximate surface area is 138 Å². The van der Waals surface area contributed by atoms with E-state index in [1.165, 1.54) is 5.56 Å². The third kappa shape index (κ3) is 5.58. The summed E-state index contributed by atoms with van der Waals surface area (Å²) in [5.41, 5.74) is 2.31. The van der Waals surface area contributed by atoms with E-state index in [-0.39, 0.29) is 0 Å². The molecule has 4 heteroatoms. The first-order chi connectivity index (χ1) is 11.1. The quantitative estimate of drug-likeness (QED) is 0.761. The van der Waals surface area contributed by atoms with Crippen LogP contribution in [0.5, 0.6) is 11.5 Å². The van der Waals surface area contributed by atoms with Crippen molar-refractivity contribution >= 4 is 0 Å². The van der Waals surface area contributed by atoms with Crippen molar-refractivity contribution in [3.05, 3.63) is 59.7 Å². The Morgan fingerprint density at radius 2 is 1.83 bits per heavy atom. The molecule has 0 saturated carbocycles. The Morgan fingerprint density at radius 3 is 2.57 bits per heavy atom. The lowest BCUT2D eigenvalue weighted by molar-refractivity contribution is -0.0332. The normalized spacial score (nSPS) is 12.2. The minimum absolute atomic E-state index is 0.463. The van der Waals surface area contributed by atoms with E-state index in [4.69, 9.17) is 9.47 Å². The number of rotatable bonds is 8. The molecule has 1 atom stereocenters. The second-order valence-electron chi connectivity index (χ2n) is 5.79. The highest BCUT2D eigenvalue weighted by atomic mass is 16.6. The van der Waals surface area contributed by atoms with Crippen LogP contribution in [0.1, 0.15) is 11.1 Å². The van der Waals surface area contributed by atoms with Crippen molar-refractivity contribution in [2.45, 2.75) is 19.1 Å². The number of methoxy groups -OCH3 is 1. The molecule has 4 nitrogen and oxygen atoms in total. The third-order valence-corrected chi connectivity index (χ3v) is 3.57. The zero-order chi connectivity index (χ0) is 16.7. The molecule has 1 unspecified atom stereocenters. The maximum absolute atomic E-state index is 9.97. The summed E-state index contributed by atoms with van der Waals surface area (Å²) in [6.45, 7) is 0.463. The highest BCUT2D eigenvalue weighted by Crippen LogP contribution is 2.22. The number of hydrogen-bond acceptors (Lipinski definition) is 4. The molecule has 0 fully saturated rings. The van der Waals surface area contributed by atoms with E-state index in [2.05, 4.69) is 6.07 Å². The first-order valence-corrected chi connectivity index (χ1v) is 7.79. The maximum Gasteiger partial charge on any atom is 0.210 e. The molecule has 0 spiro atoms. The summed E-state index contributed by atoms with van der Waals surface area (Å²) in [7, 11) is 5.48. The molecule has 2 aromatic rings. The van der Waals surface area contributed by atoms with Crippen molar-refractivity contribution < 1.29 is 14.6 Å². The van der Waals surface area contributed by atoms with E-state index in [1.54, 1.807) is 7.11 Å². The summed E-state index contributed by atoms with van der Waals surface area (Å²) in [6.07, 6.45) is 0.905. The van der Waals surface area contributed by atoms with Crippen LogP contribution in [0.3, 0.4) is 0 Å². The van der Waals surface area contributed by atoms with E-state index < -0.39 is 6.29 Å². The third-order valence-electron chi connectivity index (χ3n) is 3.57. The van der Waals surface area contributed by atoms with Crippen molar-refractivity contribution in [2.24, 2.45) is 0 Å². The Morgan fingerprint density at radius 1 is 1.04 bits per heavy atom. The van der Waals surface area contributed by atoms with Crippen molar-refractivity contribution in [3.63, 3.8) is 0 Å². The van der Waals surface area contributed by atoms with Gasteiger partial charge in [-0.2, -0.15) is 0 Å². The number of benzene rings is 2. The van der Waals surface area contributed by atoms with Crippen LogP contribution in [-0.4, -0.2) is 44.0 Å². The van der Waals surface area contributed by atoms with Gasteiger partial charge in [0, 0.05) is 0 Å². The van der Waals surface area contributed by atoms with Gasteiger partial charge in [0.25, 0.3) is 0 Å². The number of likely N-dealkylation sites (N-methyl/N-ethyl adjacent to an activating group) is 1. The standard InChI is InChI=1S/C19H25NO3/c1-20(2)14-19(21)23-18-10-5-4-8-16(18)12-11-15-7-6-9-17(13-15)22-3/h4-10,13,19,21H,11-12,14H2,1-3H3. The molecule has 23 heavy (non-hydrogen) atoms. The van der Waals surface area contributed by atoms with Gasteiger partial charge in [0.2, 0.25) is 6.29 Å². The van der Waals surface area contributed by atoms with Crippen LogP contribution < -0.4 is 9.47 Å². The highest BCUT2D eigenvalue weighted by Gasteiger charge is 2.10. The largest absolute Gasteiger partial charge is 0.497 e. The minimum atomic E-state index is -0.831. The van der Waals surface area contributed by atoms with E-state index in [9.17, 15) is 5.11 Å². The summed E-state index contributed by atoms with van der Waals surface area (Å²) >= 11 is 0. The fraction of sp³-hybridized carbons (Fsp3) is 0.368. The van der Waals surface area contributed by atoms with Crippen molar-refractivity contribution in [1.82, 2.24) is 4.90 Å². The molecule has 124 valence electrons. The van der Waals surface area contributed by atoms with Crippen molar-refractivity contribution in [3.8, 4) is 11.5 Å². The molecule has 0 bridgehead atoms. The summed E-state index contributed by atoms with van der Waals surface area (Å²) in [5.74, 6) is 1.61. The number of aliphatic hydroxyl groups is 1. The maximum atomic E-state index is 9.97. The van der Waals surface area contributed by atoms with Gasteiger partial charge in [-0.25, -0.2) is 0 Å². The topological polar surface area (TPSA) is 41.9 Å². The minimum Gasteiger partial charge on any atom is -0.497 e. The lowest BCUT2D eigenvalue weighted by Gasteiger charge is -2.19. The molecular weight excluding hydrogens is 290 g/mol. The van der Waals surface area contributed by atoms with Crippen LogP contribution in [0, 0.1) is 0 Å². The van der Waals surface area contributed by atoms with Crippen LogP contribution >= 0.6 is 0 Å². The average molecular weight is 315 g/mol. The predicted molar refractivity (Wildman–Crippen MR) is 92.0 cm³/mol. The number of nitrogens with zero attached hydrogens (tertiary/aromatic N) is 1. The van der Waals surface area contributed by atoms with Gasteiger partial charge in [0.05, 0.1) is 13.7 Å². The SMILES string of the molecule is COc1cccc(CCc2ccccc2OC(O)CN(C)C)c1. The highest BCUT2D eigenvalue weighted by molar-refractivity contribution is 5.35. The van der Waals surface area contributed by atoms with Crippen LogP contribution in [0.25, 0.3) is 0 Å². The van der Waals surface area contributed by atoms with Crippen LogP contribution in [-0.2, 0) is 12.8 Å². The zero-order valence-electron chi connectivity index (χ0n) is 14.0. The average Bonchev–Trinajstić information content (AvgIpc) is 2.53. The van der Waals surface area contributed by atoms with Gasteiger partial charge >= 0.3 is 0 Å². The zero-order valence-corrected chi connectivity index (χ0v) is 14.0. The number of aliphatic hydroxyl groups excluding tert-OH is 1. The Kier molecular flexibility index (Phi) is 6.44. The van der Waals surface area contributed by atoms with E-state index in [1.807, 2.05) is 61.5 Å². The first kappa shape index (κ1) is 17.3. The molecule has 0 amide bonds. The van der Waals surface area contributed by atoms with E-state index in [0.717, 1.165) is 29.9 Å². The van der Waals surface area contributed by atoms with Gasteiger partial charge in [-0.1, -0.05) is 30.3 Å². The van der Waals surface area contributed by atoms with Gasteiger partial charge in [-0.3, -0.25) is 0 Å². The van der Waals surface area contributed by atoms with Gasteiger partial charge in [0.15, 0.2) is 0 Å². The fourth-order valence-electron chi connectivity index (χ4n) is 2.43. The van der Waals surface area contributed by atoms with Crippen LogP contribution in [0.15, 0.2) is 48.5 Å². The Balaban J connectivity index is 2.02. The van der Waals surface area contributed by atoms with Crippen LogP contribution in [0.4, 0.5) is 0 Å². The lowest BCUT2D eigenvalue weighted by Crippen LogP contribution is -2.30. The summed E-state index contributed by atoms with van der Waals surface area (Å²) in [4.78, 5) is 1.89. The second-order valence-corrected chi connectivity index (χ2v) is 5.79. The molecular formula is C19H25NO3. The number of hydrogen-bond donors (Lipinski definition) is 1. The molecule has 1 N–H and O–H groups in total. The van der Waals surface area contributed by atoms with Crippen LogP contribution in [0.2, 0.25) is 0 Å². The van der Waals surface area contributed by atoms with E-state index in [0.29, 0.717) is 6.54 Å². The van der Waals surface area contributed by atoms with Crippen molar-refractivity contribution in [2.75, 3.05) is 27.7 Å². The molecule has 0 aliphatic carbocycles. The smallest absolute Gasteiger partial charge is 0.210 e. The monoisotopic (exact) mass is 315 g/mol. The fourth-order valence-corrected chi connectivity index (χ4v) is 2.43. The van der Waals surface area contributed by atoms with Gasteiger partial charge in [-0.05, 0) is 56.3 Å². The van der Waals surface area contributed by atoms with Gasteiger partial charge in [0.1, 0.15) is 11.5 Å². The molecule has 0 aliphatic rings. The Bertz CT molecular complexity index is 613. The summed E-state index contributed by atoms with van der Waals surface area (Å²) in [5, 5.41) is 9.97. The molecule has 2 aromatic carbocycles. The molecule has 2 rings (SSSR count). The van der Waals surface area contributed by atoms with E-state index >= 15 is 0 Å². The first-order valence-electron chi connectivity index (χ1n) is 7.79. The van der Waals surface area contributed by atoms with Gasteiger partial charge < -0.3 is 19.5 Å². The van der Waals surface area contributed by atoms with Crippen molar-refractivity contribution in [1.29, 1.82) is 0 Å². The molecule has 0 saturated heterocycles. The second kappa shape index (κ2) is 8.56. The summed E-state index contributed by atoms with van der Waals surface area (Å²) in [6, 6.07) is 15.9. The molecule has 0 aliphatic heterocycles. The molecule has 0 aromatic heterocycles. The Hall–Kier alpha value is -2.04. The summed E-state index contributed by atoms with van der Waals surface area (Å²) < 4.78 is 10.9. The lowest BCUT2D eigenvalue weighted by atomic mass is 10.0. The van der Waals surface area contributed by atoms with Gasteiger partial charge in [-0.15, -0.1) is 0 Å². The number of ether oxygens (including phenoxy) is 2. The number of aryl methyl sites for hydroxylation is 2. The molecule has 0 heterocycles. The number of para-hydroxylation sites is 1.